The van der Waals surface area contributed by atoms with Crippen LogP contribution in [-0.4, -0.2) is 21.1 Å². The zero-order valence-corrected chi connectivity index (χ0v) is 14.4. The Morgan fingerprint density at radius 2 is 1.83 bits per heavy atom. The first-order valence-corrected chi connectivity index (χ1v) is 8.06. The molecule has 2 aromatic carbocycles. The van der Waals surface area contributed by atoms with E-state index in [1.54, 1.807) is 10.9 Å². The molecule has 0 saturated heterocycles. The van der Waals surface area contributed by atoms with Crippen LogP contribution in [0.3, 0.4) is 0 Å². The van der Waals surface area contributed by atoms with E-state index in [1.165, 1.54) is 5.56 Å². The van der Waals surface area contributed by atoms with Crippen molar-refractivity contribution in [3.8, 4) is 11.4 Å². The van der Waals surface area contributed by atoms with Gasteiger partial charge in [0, 0.05) is 5.56 Å². The van der Waals surface area contributed by atoms with E-state index < -0.39 is 0 Å². The van der Waals surface area contributed by atoms with Gasteiger partial charge in [-0.25, -0.2) is 5.10 Å². The SMILES string of the molecule is CC(C=Nn1c(-c2ccc(C)cc2)n[nH]c1=S)=Cc1ccccc1. The number of aryl methyl sites for hydroxylation is 1. The molecule has 3 aromatic rings. The molecule has 0 saturated carbocycles. The Morgan fingerprint density at radius 1 is 1.12 bits per heavy atom. The van der Waals surface area contributed by atoms with E-state index >= 15 is 0 Å². The average molecular weight is 334 g/mol. The summed E-state index contributed by atoms with van der Waals surface area (Å²) in [5.74, 6) is 0.698. The summed E-state index contributed by atoms with van der Waals surface area (Å²) >= 11 is 5.29. The van der Waals surface area contributed by atoms with Crippen molar-refractivity contribution in [1.82, 2.24) is 14.9 Å². The van der Waals surface area contributed by atoms with Crippen molar-refractivity contribution in [2.45, 2.75) is 13.8 Å². The van der Waals surface area contributed by atoms with Crippen LogP contribution in [0.4, 0.5) is 0 Å². The van der Waals surface area contributed by atoms with Crippen LogP contribution in [0, 0.1) is 11.7 Å². The van der Waals surface area contributed by atoms with Gasteiger partial charge in [-0.3, -0.25) is 0 Å². The van der Waals surface area contributed by atoms with E-state index in [1.807, 2.05) is 49.4 Å². The molecular formula is C19H18N4S. The highest BCUT2D eigenvalue weighted by molar-refractivity contribution is 7.71. The third-order valence-electron chi connectivity index (χ3n) is 3.53. The van der Waals surface area contributed by atoms with Gasteiger partial charge < -0.3 is 0 Å². The maximum atomic E-state index is 5.29. The second-order valence-corrected chi connectivity index (χ2v) is 5.96. The average Bonchev–Trinajstić information content (AvgIpc) is 2.95. The molecule has 5 heteroatoms. The summed E-state index contributed by atoms with van der Waals surface area (Å²) < 4.78 is 2.11. The Morgan fingerprint density at radius 3 is 2.54 bits per heavy atom. The summed E-state index contributed by atoms with van der Waals surface area (Å²) in [4.78, 5) is 0. The Bertz CT molecular complexity index is 932. The quantitative estimate of drug-likeness (QED) is 0.547. The van der Waals surface area contributed by atoms with Crippen LogP contribution in [0.2, 0.25) is 0 Å². The van der Waals surface area contributed by atoms with Gasteiger partial charge in [-0.15, -0.1) is 0 Å². The normalized spacial score (nSPS) is 12.0. The molecule has 1 N–H and O–H groups in total. The summed E-state index contributed by atoms with van der Waals surface area (Å²) in [5.41, 5.74) is 4.33. The number of H-pyrrole nitrogens is 1. The first-order valence-electron chi connectivity index (χ1n) is 7.65. The van der Waals surface area contributed by atoms with Crippen LogP contribution in [-0.2, 0) is 0 Å². The molecule has 0 spiro atoms. The summed E-state index contributed by atoms with van der Waals surface area (Å²) in [7, 11) is 0. The molecule has 3 rings (SSSR count). The van der Waals surface area contributed by atoms with E-state index in [-0.39, 0.29) is 0 Å². The highest BCUT2D eigenvalue weighted by atomic mass is 32.1. The minimum atomic E-state index is 0.467. The van der Waals surface area contributed by atoms with E-state index in [9.17, 15) is 0 Å². The molecule has 0 atom stereocenters. The molecule has 0 radical (unpaired) electrons. The van der Waals surface area contributed by atoms with Crippen molar-refractivity contribution in [3.05, 3.63) is 76.1 Å². The predicted octanol–water partition coefficient (Wildman–Crippen LogP) is 4.85. The summed E-state index contributed by atoms with van der Waals surface area (Å²) in [5, 5.41) is 11.6. The molecule has 120 valence electrons. The smallest absolute Gasteiger partial charge is 0.216 e. The van der Waals surface area contributed by atoms with E-state index in [0.717, 1.165) is 16.7 Å². The van der Waals surface area contributed by atoms with Gasteiger partial charge >= 0.3 is 0 Å². The lowest BCUT2D eigenvalue weighted by Gasteiger charge is -2.01. The minimum absolute atomic E-state index is 0.467. The number of nitrogens with zero attached hydrogens (tertiary/aromatic N) is 3. The van der Waals surface area contributed by atoms with Gasteiger partial charge in [0.05, 0.1) is 6.21 Å². The summed E-state index contributed by atoms with van der Waals surface area (Å²) in [6, 6.07) is 18.2. The Labute approximate surface area is 146 Å². The minimum Gasteiger partial charge on any atom is -0.250 e. The zero-order valence-electron chi connectivity index (χ0n) is 13.6. The number of aromatic nitrogens is 3. The van der Waals surface area contributed by atoms with Crippen molar-refractivity contribution in [2.75, 3.05) is 0 Å². The van der Waals surface area contributed by atoms with Crippen LogP contribution in [0.5, 0.6) is 0 Å². The number of aromatic amines is 1. The fourth-order valence-electron chi connectivity index (χ4n) is 2.29. The van der Waals surface area contributed by atoms with Crippen molar-refractivity contribution in [2.24, 2.45) is 5.10 Å². The molecule has 0 aliphatic carbocycles. The van der Waals surface area contributed by atoms with Crippen LogP contribution in [0.15, 0.2) is 65.3 Å². The molecule has 0 amide bonds. The number of nitrogens with one attached hydrogen (secondary N) is 1. The first-order chi connectivity index (χ1) is 11.6. The van der Waals surface area contributed by atoms with Gasteiger partial charge in [-0.2, -0.15) is 14.9 Å². The largest absolute Gasteiger partial charge is 0.250 e. The van der Waals surface area contributed by atoms with Crippen LogP contribution in [0.1, 0.15) is 18.1 Å². The van der Waals surface area contributed by atoms with Gasteiger partial charge in [0.25, 0.3) is 0 Å². The number of allylic oxidation sites excluding steroid dienone is 1. The standard InChI is InChI=1S/C19H18N4S/c1-14-8-10-17(11-9-14)18-21-22-19(24)23(18)20-13-15(2)12-16-6-4-3-5-7-16/h3-13H,1-2H3,(H,22,24). The number of hydrogen-bond donors (Lipinski definition) is 1. The molecule has 0 fully saturated rings. The predicted molar refractivity (Wildman–Crippen MR) is 102 cm³/mol. The maximum absolute atomic E-state index is 5.29. The Balaban J connectivity index is 1.90. The van der Waals surface area contributed by atoms with E-state index in [4.69, 9.17) is 12.2 Å². The Kier molecular flexibility index (Phi) is 4.82. The molecule has 0 aliphatic heterocycles. The summed E-state index contributed by atoms with van der Waals surface area (Å²) in [6.45, 7) is 4.06. The molecule has 4 nitrogen and oxygen atoms in total. The van der Waals surface area contributed by atoms with E-state index in [2.05, 4.69) is 40.4 Å². The Hall–Kier alpha value is -2.79. The number of benzene rings is 2. The van der Waals surface area contributed by atoms with Crippen LogP contribution >= 0.6 is 12.2 Å². The highest BCUT2D eigenvalue weighted by Crippen LogP contribution is 2.17. The monoisotopic (exact) mass is 334 g/mol. The van der Waals surface area contributed by atoms with Gasteiger partial charge in [-0.1, -0.05) is 66.2 Å². The second kappa shape index (κ2) is 7.19. The fourth-order valence-corrected chi connectivity index (χ4v) is 2.47. The first kappa shape index (κ1) is 16.1. The van der Waals surface area contributed by atoms with Crippen molar-refractivity contribution >= 4 is 24.5 Å². The molecule has 1 aromatic heterocycles. The van der Waals surface area contributed by atoms with Crippen molar-refractivity contribution < 1.29 is 0 Å². The number of rotatable bonds is 4. The topological polar surface area (TPSA) is 46.0 Å². The molecule has 0 unspecified atom stereocenters. The van der Waals surface area contributed by atoms with Crippen LogP contribution < -0.4 is 0 Å². The van der Waals surface area contributed by atoms with Crippen molar-refractivity contribution in [1.29, 1.82) is 0 Å². The number of hydrogen-bond acceptors (Lipinski definition) is 3. The van der Waals surface area contributed by atoms with Gasteiger partial charge in [0.15, 0.2) is 5.82 Å². The maximum Gasteiger partial charge on any atom is 0.216 e. The van der Waals surface area contributed by atoms with Gasteiger partial charge in [0.1, 0.15) is 0 Å². The third kappa shape index (κ3) is 3.75. The molecule has 0 aliphatic rings. The molecular weight excluding hydrogens is 316 g/mol. The van der Waals surface area contributed by atoms with Crippen molar-refractivity contribution in [3.63, 3.8) is 0 Å². The van der Waals surface area contributed by atoms with Gasteiger partial charge in [-0.05, 0) is 37.2 Å². The lowest BCUT2D eigenvalue weighted by molar-refractivity contribution is 0.871. The molecule has 0 bridgehead atoms. The fraction of sp³-hybridized carbons (Fsp3) is 0.105. The summed E-state index contributed by atoms with van der Waals surface area (Å²) in [6.07, 6.45) is 3.86. The third-order valence-corrected chi connectivity index (χ3v) is 3.80. The molecule has 1 heterocycles. The van der Waals surface area contributed by atoms with Crippen LogP contribution in [0.25, 0.3) is 17.5 Å². The zero-order chi connectivity index (χ0) is 16.9. The lowest BCUT2D eigenvalue weighted by atomic mass is 10.1. The molecule has 24 heavy (non-hydrogen) atoms. The van der Waals surface area contributed by atoms with Gasteiger partial charge in [0.2, 0.25) is 4.77 Å². The van der Waals surface area contributed by atoms with E-state index in [0.29, 0.717) is 10.6 Å². The highest BCUT2D eigenvalue weighted by Gasteiger charge is 2.07. The second-order valence-electron chi connectivity index (χ2n) is 5.57. The lowest BCUT2D eigenvalue weighted by Crippen LogP contribution is -1.95.